The number of nitrogens with one attached hydrogen (secondary N) is 3. The predicted molar refractivity (Wildman–Crippen MR) is 114 cm³/mol. The van der Waals surface area contributed by atoms with Gasteiger partial charge in [-0.2, -0.15) is 0 Å². The lowest BCUT2D eigenvalue weighted by Gasteiger charge is -2.18. The third-order valence-electron chi connectivity index (χ3n) is 5.05. The van der Waals surface area contributed by atoms with Crippen molar-refractivity contribution < 1.29 is 4.79 Å². The van der Waals surface area contributed by atoms with E-state index in [0.29, 0.717) is 12.1 Å². The highest BCUT2D eigenvalue weighted by molar-refractivity contribution is 6.06. The van der Waals surface area contributed by atoms with Crippen LogP contribution >= 0.6 is 0 Å². The molecule has 28 heavy (non-hydrogen) atoms. The lowest BCUT2D eigenvalue weighted by molar-refractivity contribution is 0.102. The highest BCUT2D eigenvalue weighted by Crippen LogP contribution is 2.24. The number of carbonyl (C=O) groups is 1. The van der Waals surface area contributed by atoms with Crippen LogP contribution in [-0.4, -0.2) is 17.4 Å². The van der Waals surface area contributed by atoms with Gasteiger partial charge in [-0.3, -0.25) is 4.79 Å². The van der Waals surface area contributed by atoms with Gasteiger partial charge < -0.3 is 16.0 Å². The maximum Gasteiger partial charge on any atom is 0.257 e. The molecule has 5 nitrogen and oxygen atoms in total. The van der Waals surface area contributed by atoms with Crippen molar-refractivity contribution in [3.8, 4) is 0 Å². The molecule has 0 fully saturated rings. The molecule has 3 N–H and O–H groups in total. The largest absolute Gasteiger partial charge is 0.379 e. The topological polar surface area (TPSA) is 66.0 Å². The van der Waals surface area contributed by atoms with Gasteiger partial charge in [-0.1, -0.05) is 36.4 Å². The summed E-state index contributed by atoms with van der Waals surface area (Å²) in [4.78, 5) is 17.2. The second-order valence-electron chi connectivity index (χ2n) is 7.04. The first-order valence-electron chi connectivity index (χ1n) is 9.62. The number of amides is 1. The monoisotopic (exact) mass is 372 g/mol. The van der Waals surface area contributed by atoms with Crippen molar-refractivity contribution in [2.45, 2.75) is 26.3 Å². The van der Waals surface area contributed by atoms with Crippen molar-refractivity contribution in [3.05, 3.63) is 83.0 Å². The van der Waals surface area contributed by atoms with Crippen LogP contribution in [0.2, 0.25) is 0 Å². The summed E-state index contributed by atoms with van der Waals surface area (Å²) in [7, 11) is 0. The molecule has 0 atom stereocenters. The number of hydrogen-bond donors (Lipinski definition) is 3. The molecule has 2 aromatic carbocycles. The van der Waals surface area contributed by atoms with Gasteiger partial charge in [0.15, 0.2) is 0 Å². The van der Waals surface area contributed by atoms with Crippen LogP contribution in [0.4, 0.5) is 17.2 Å². The molecule has 1 aliphatic heterocycles. The zero-order chi connectivity index (χ0) is 19.3. The maximum atomic E-state index is 12.8. The van der Waals surface area contributed by atoms with Crippen LogP contribution in [0, 0.1) is 6.92 Å². The van der Waals surface area contributed by atoms with Crippen LogP contribution in [0.15, 0.2) is 60.8 Å². The van der Waals surface area contributed by atoms with Crippen molar-refractivity contribution in [1.82, 2.24) is 4.98 Å². The molecule has 2 heterocycles. The number of rotatable bonds is 5. The molecule has 0 saturated heterocycles. The fourth-order valence-corrected chi connectivity index (χ4v) is 3.41. The zero-order valence-electron chi connectivity index (χ0n) is 16.0. The van der Waals surface area contributed by atoms with Crippen LogP contribution in [0.1, 0.15) is 33.5 Å². The van der Waals surface area contributed by atoms with E-state index in [1.165, 1.54) is 11.1 Å². The number of nitrogens with zero attached hydrogens (tertiary/aromatic N) is 1. The summed E-state index contributed by atoms with van der Waals surface area (Å²) in [5.41, 5.74) is 5.81. The van der Waals surface area contributed by atoms with Crippen LogP contribution in [0.3, 0.4) is 0 Å². The fourth-order valence-electron chi connectivity index (χ4n) is 3.41. The number of fused-ring (bicyclic) bond motifs is 1. The smallest absolute Gasteiger partial charge is 0.257 e. The van der Waals surface area contributed by atoms with E-state index in [0.717, 1.165) is 42.1 Å². The number of pyridine rings is 1. The van der Waals surface area contributed by atoms with Gasteiger partial charge in [0.25, 0.3) is 5.91 Å². The van der Waals surface area contributed by atoms with E-state index in [9.17, 15) is 4.79 Å². The van der Waals surface area contributed by atoms with Crippen molar-refractivity contribution in [3.63, 3.8) is 0 Å². The van der Waals surface area contributed by atoms with Crippen LogP contribution < -0.4 is 16.0 Å². The average Bonchev–Trinajstić information content (AvgIpc) is 2.73. The molecular weight excluding hydrogens is 348 g/mol. The molecule has 0 radical (unpaired) electrons. The Morgan fingerprint density at radius 3 is 2.75 bits per heavy atom. The van der Waals surface area contributed by atoms with E-state index in [4.69, 9.17) is 0 Å². The molecule has 142 valence electrons. The van der Waals surface area contributed by atoms with Gasteiger partial charge in [0.2, 0.25) is 0 Å². The number of hydrogen-bond acceptors (Lipinski definition) is 4. The number of para-hydroxylation sites is 2. The third kappa shape index (κ3) is 3.98. The number of aryl methyl sites for hydroxylation is 2. The number of benzene rings is 2. The van der Waals surface area contributed by atoms with E-state index in [-0.39, 0.29) is 5.91 Å². The number of anilines is 3. The fraction of sp³-hybridized carbons (Fsp3) is 0.217. The van der Waals surface area contributed by atoms with E-state index in [1.54, 1.807) is 6.20 Å². The minimum atomic E-state index is -0.147. The average molecular weight is 372 g/mol. The molecule has 1 aliphatic rings. The summed E-state index contributed by atoms with van der Waals surface area (Å²) < 4.78 is 0. The van der Waals surface area contributed by atoms with Gasteiger partial charge in [0.1, 0.15) is 5.82 Å². The Kier molecular flexibility index (Phi) is 5.24. The van der Waals surface area contributed by atoms with Crippen molar-refractivity contribution in [1.29, 1.82) is 0 Å². The lowest BCUT2D eigenvalue weighted by atomic mass is 10.1. The molecule has 0 saturated carbocycles. The molecule has 5 heteroatoms. The minimum absolute atomic E-state index is 0.147. The summed E-state index contributed by atoms with van der Waals surface area (Å²) in [6.07, 6.45) is 3.65. The van der Waals surface area contributed by atoms with Crippen molar-refractivity contribution >= 4 is 23.1 Å². The minimum Gasteiger partial charge on any atom is -0.379 e. The predicted octanol–water partition coefficient (Wildman–Crippen LogP) is 4.61. The Bertz CT molecular complexity index is 999. The molecule has 1 amide bonds. The maximum absolute atomic E-state index is 12.8. The van der Waals surface area contributed by atoms with Crippen LogP contribution in [-0.2, 0) is 13.0 Å². The molecule has 0 spiro atoms. The number of aromatic nitrogens is 1. The molecular formula is C23H24N4O. The van der Waals surface area contributed by atoms with Gasteiger partial charge in [-0.25, -0.2) is 4.98 Å². The Hall–Kier alpha value is -3.34. The third-order valence-corrected chi connectivity index (χ3v) is 5.05. The summed E-state index contributed by atoms with van der Waals surface area (Å²) in [5.74, 6) is 0.745. The van der Waals surface area contributed by atoms with Crippen LogP contribution in [0.5, 0.6) is 0 Å². The normalized spacial score (nSPS) is 12.6. The van der Waals surface area contributed by atoms with Gasteiger partial charge in [0, 0.05) is 19.3 Å². The zero-order valence-corrected chi connectivity index (χ0v) is 16.0. The first kappa shape index (κ1) is 18.0. The van der Waals surface area contributed by atoms with E-state index < -0.39 is 0 Å². The first-order chi connectivity index (χ1) is 13.7. The standard InChI is InChI=1S/C23H24N4O/c1-16-7-2-3-8-18(16)14-25-20-10-4-5-11-21(20)27-23(28)19-13-17-9-6-12-24-22(17)26-15-19/h2-5,7-8,10-11,13,15,25H,6,9,12,14H2,1H3,(H,24,26)(H,27,28). The van der Waals surface area contributed by atoms with Crippen molar-refractivity contribution in [2.24, 2.45) is 0 Å². The first-order valence-corrected chi connectivity index (χ1v) is 9.62. The van der Waals surface area contributed by atoms with Gasteiger partial charge in [0.05, 0.1) is 16.9 Å². The highest BCUT2D eigenvalue weighted by atomic mass is 16.1. The Morgan fingerprint density at radius 2 is 1.89 bits per heavy atom. The van der Waals surface area contributed by atoms with Gasteiger partial charge in [-0.15, -0.1) is 0 Å². The summed E-state index contributed by atoms with van der Waals surface area (Å²) in [6, 6.07) is 18.0. The SMILES string of the molecule is Cc1ccccc1CNc1ccccc1NC(=O)c1cnc2c(c1)CCCN2. The van der Waals surface area contributed by atoms with E-state index in [1.807, 2.05) is 42.5 Å². The molecule has 4 rings (SSSR count). The second kappa shape index (κ2) is 8.13. The summed E-state index contributed by atoms with van der Waals surface area (Å²) in [6.45, 7) is 3.74. The Morgan fingerprint density at radius 1 is 1.11 bits per heavy atom. The molecule has 3 aromatic rings. The number of carbonyl (C=O) groups excluding carboxylic acids is 1. The molecule has 0 unspecified atom stereocenters. The van der Waals surface area contributed by atoms with E-state index in [2.05, 4.69) is 40.0 Å². The van der Waals surface area contributed by atoms with Crippen molar-refractivity contribution in [2.75, 3.05) is 22.5 Å². The van der Waals surface area contributed by atoms with Crippen LogP contribution in [0.25, 0.3) is 0 Å². The van der Waals surface area contributed by atoms with Gasteiger partial charge in [-0.05, 0) is 54.7 Å². The summed E-state index contributed by atoms with van der Waals surface area (Å²) in [5, 5.41) is 9.73. The Labute approximate surface area is 165 Å². The highest BCUT2D eigenvalue weighted by Gasteiger charge is 2.15. The second-order valence-corrected chi connectivity index (χ2v) is 7.04. The molecule has 0 aliphatic carbocycles. The lowest BCUT2D eigenvalue weighted by Crippen LogP contribution is -2.17. The Balaban J connectivity index is 1.49. The van der Waals surface area contributed by atoms with Gasteiger partial charge >= 0.3 is 0 Å². The summed E-state index contributed by atoms with van der Waals surface area (Å²) >= 11 is 0. The molecule has 0 bridgehead atoms. The molecule has 1 aromatic heterocycles. The quantitative estimate of drug-likeness (QED) is 0.612. The van der Waals surface area contributed by atoms with E-state index >= 15 is 0 Å².